The van der Waals surface area contributed by atoms with E-state index in [2.05, 4.69) is 5.32 Å². The maximum atomic E-state index is 13.1. The third-order valence-electron chi connectivity index (χ3n) is 5.10. The Hall–Kier alpha value is -3.82. The van der Waals surface area contributed by atoms with Gasteiger partial charge in [0.15, 0.2) is 10.9 Å². The summed E-state index contributed by atoms with van der Waals surface area (Å²) in [4.78, 5) is 27.3. The molecule has 1 N–H and O–H groups in total. The second kappa shape index (κ2) is 11.7. The number of anilines is 2. The fraction of sp³-hybridized carbons (Fsp3) is 0.148. The minimum atomic E-state index is -0.290. The fourth-order valence-electron chi connectivity index (χ4n) is 3.41. The van der Waals surface area contributed by atoms with Crippen molar-refractivity contribution in [2.24, 2.45) is 0 Å². The number of benzene rings is 3. The molecule has 0 aliphatic carbocycles. The van der Waals surface area contributed by atoms with Crippen LogP contribution in [0.1, 0.15) is 12.5 Å². The number of carbonyl (C=O) groups excluding carboxylic acids is 2. The van der Waals surface area contributed by atoms with Gasteiger partial charge in [0.1, 0.15) is 17.2 Å². The van der Waals surface area contributed by atoms with E-state index in [-0.39, 0.29) is 18.4 Å². The minimum Gasteiger partial charge on any atom is -0.497 e. The zero-order valence-electron chi connectivity index (χ0n) is 19.7. The Morgan fingerprint density at radius 2 is 1.72 bits per heavy atom. The molecule has 0 aromatic heterocycles. The Morgan fingerprint density at radius 3 is 2.42 bits per heavy atom. The van der Waals surface area contributed by atoms with Crippen molar-refractivity contribution >= 4 is 57.6 Å². The van der Waals surface area contributed by atoms with Gasteiger partial charge in [0.05, 0.1) is 24.3 Å². The van der Waals surface area contributed by atoms with Gasteiger partial charge in [-0.1, -0.05) is 36.1 Å². The first-order valence-electron chi connectivity index (χ1n) is 11.1. The summed E-state index contributed by atoms with van der Waals surface area (Å²) in [6.07, 6.45) is 1.76. The number of carbonyl (C=O) groups is 2. The van der Waals surface area contributed by atoms with Crippen LogP contribution in [0.4, 0.5) is 11.4 Å². The van der Waals surface area contributed by atoms with Crippen LogP contribution in [0.2, 0.25) is 0 Å². The van der Waals surface area contributed by atoms with Gasteiger partial charge in [-0.05, 0) is 79.2 Å². The highest BCUT2D eigenvalue weighted by atomic mass is 32.2. The number of methoxy groups -OCH3 is 1. The SMILES string of the molecule is CCOc1ccc(N2C(=O)/C(=C/c3cccc(OCC(=O)Nc4ccc(OC)cc4)c3)SC2=S)cc1. The lowest BCUT2D eigenvalue weighted by atomic mass is 10.2. The van der Waals surface area contributed by atoms with Crippen LogP contribution in [-0.4, -0.2) is 36.5 Å². The topological polar surface area (TPSA) is 77.1 Å². The van der Waals surface area contributed by atoms with Crippen molar-refractivity contribution in [3.63, 3.8) is 0 Å². The number of hydrogen-bond donors (Lipinski definition) is 1. The number of hydrogen-bond acceptors (Lipinski definition) is 7. The number of rotatable bonds is 9. The molecule has 2 amide bonds. The van der Waals surface area contributed by atoms with Crippen molar-refractivity contribution in [3.05, 3.63) is 83.3 Å². The van der Waals surface area contributed by atoms with Gasteiger partial charge < -0.3 is 19.5 Å². The van der Waals surface area contributed by atoms with Crippen LogP contribution in [0.5, 0.6) is 17.2 Å². The molecule has 36 heavy (non-hydrogen) atoms. The standard InChI is InChI=1S/C27H24N2O5S2/c1-3-33-22-13-9-20(10-14-22)29-26(31)24(36-27(29)35)16-18-5-4-6-23(15-18)34-17-25(30)28-19-7-11-21(32-2)12-8-19/h4-16H,3,17H2,1-2H3,(H,28,30)/b24-16-. The molecule has 9 heteroatoms. The lowest BCUT2D eigenvalue weighted by molar-refractivity contribution is -0.118. The lowest BCUT2D eigenvalue weighted by Crippen LogP contribution is -2.27. The molecule has 1 saturated heterocycles. The van der Waals surface area contributed by atoms with E-state index in [0.717, 1.165) is 11.3 Å². The molecule has 0 radical (unpaired) electrons. The highest BCUT2D eigenvalue weighted by molar-refractivity contribution is 8.27. The summed E-state index contributed by atoms with van der Waals surface area (Å²) >= 11 is 6.70. The molecule has 3 aromatic rings. The van der Waals surface area contributed by atoms with Crippen molar-refractivity contribution in [2.45, 2.75) is 6.92 Å². The Kier molecular flexibility index (Phi) is 8.24. The summed E-state index contributed by atoms with van der Waals surface area (Å²) < 4.78 is 16.7. The Bertz CT molecular complexity index is 1290. The van der Waals surface area contributed by atoms with E-state index in [4.69, 9.17) is 26.4 Å². The summed E-state index contributed by atoms with van der Waals surface area (Å²) in [5, 5.41) is 2.77. The van der Waals surface area contributed by atoms with Gasteiger partial charge in [0.2, 0.25) is 0 Å². The first-order valence-corrected chi connectivity index (χ1v) is 12.4. The molecule has 1 aliphatic rings. The lowest BCUT2D eigenvalue weighted by Gasteiger charge is -2.15. The molecule has 0 atom stereocenters. The molecule has 4 rings (SSSR count). The number of ether oxygens (including phenoxy) is 3. The first kappa shape index (κ1) is 25.3. The summed E-state index contributed by atoms with van der Waals surface area (Å²) in [5.74, 6) is 1.46. The maximum absolute atomic E-state index is 13.1. The number of thioether (sulfide) groups is 1. The summed E-state index contributed by atoms with van der Waals surface area (Å²) in [5.41, 5.74) is 2.09. The number of nitrogens with one attached hydrogen (secondary N) is 1. The molecular formula is C27H24N2O5S2. The Morgan fingerprint density at radius 1 is 1.00 bits per heavy atom. The molecule has 3 aromatic carbocycles. The molecule has 184 valence electrons. The fourth-order valence-corrected chi connectivity index (χ4v) is 4.71. The average Bonchev–Trinajstić information content (AvgIpc) is 3.16. The molecule has 1 fully saturated rings. The van der Waals surface area contributed by atoms with Crippen molar-refractivity contribution in [3.8, 4) is 17.2 Å². The van der Waals surface area contributed by atoms with Gasteiger partial charge in [-0.25, -0.2) is 0 Å². The monoisotopic (exact) mass is 520 g/mol. The largest absolute Gasteiger partial charge is 0.497 e. The van der Waals surface area contributed by atoms with Crippen LogP contribution in [0, 0.1) is 0 Å². The third-order valence-corrected chi connectivity index (χ3v) is 6.40. The number of nitrogens with zero attached hydrogens (tertiary/aromatic N) is 1. The third kappa shape index (κ3) is 6.24. The number of amides is 2. The Balaban J connectivity index is 1.39. The van der Waals surface area contributed by atoms with Crippen LogP contribution < -0.4 is 24.4 Å². The first-order chi connectivity index (χ1) is 17.5. The Labute approximate surface area is 219 Å². The second-order valence-corrected chi connectivity index (χ2v) is 9.26. The van der Waals surface area contributed by atoms with E-state index in [1.54, 1.807) is 55.7 Å². The van der Waals surface area contributed by atoms with Gasteiger partial charge in [0, 0.05) is 5.69 Å². The normalized spacial score (nSPS) is 14.2. The average molecular weight is 521 g/mol. The van der Waals surface area contributed by atoms with Crippen molar-refractivity contribution in [1.29, 1.82) is 0 Å². The quantitative estimate of drug-likeness (QED) is 0.294. The van der Waals surface area contributed by atoms with Crippen LogP contribution in [0.3, 0.4) is 0 Å². The van der Waals surface area contributed by atoms with Crippen molar-refractivity contribution < 1.29 is 23.8 Å². The molecule has 0 bridgehead atoms. The van der Waals surface area contributed by atoms with Crippen LogP contribution in [-0.2, 0) is 9.59 Å². The minimum absolute atomic E-state index is 0.157. The highest BCUT2D eigenvalue weighted by Gasteiger charge is 2.33. The molecule has 0 unspecified atom stereocenters. The molecular weight excluding hydrogens is 496 g/mol. The molecule has 1 aliphatic heterocycles. The van der Waals surface area contributed by atoms with Crippen LogP contribution in [0.25, 0.3) is 6.08 Å². The van der Waals surface area contributed by atoms with Crippen molar-refractivity contribution in [2.75, 3.05) is 30.5 Å². The second-order valence-electron chi connectivity index (χ2n) is 7.58. The predicted molar refractivity (Wildman–Crippen MR) is 147 cm³/mol. The van der Waals surface area contributed by atoms with Crippen LogP contribution in [0.15, 0.2) is 77.7 Å². The molecule has 1 heterocycles. The molecule has 0 spiro atoms. The summed E-state index contributed by atoms with van der Waals surface area (Å²) in [6.45, 7) is 2.33. The van der Waals surface area contributed by atoms with Crippen molar-refractivity contribution in [1.82, 2.24) is 0 Å². The smallest absolute Gasteiger partial charge is 0.270 e. The molecule has 7 nitrogen and oxygen atoms in total. The van der Waals surface area contributed by atoms with Gasteiger partial charge in [-0.3, -0.25) is 14.5 Å². The summed E-state index contributed by atoms with van der Waals surface area (Å²) in [6, 6.07) is 21.4. The van der Waals surface area contributed by atoms with E-state index in [1.165, 1.54) is 16.7 Å². The van der Waals surface area contributed by atoms with Gasteiger partial charge in [0.25, 0.3) is 11.8 Å². The van der Waals surface area contributed by atoms with E-state index < -0.39 is 0 Å². The van der Waals surface area contributed by atoms with Gasteiger partial charge in [-0.2, -0.15) is 0 Å². The number of thiocarbonyl (C=S) groups is 1. The summed E-state index contributed by atoms with van der Waals surface area (Å²) in [7, 11) is 1.58. The molecule has 0 saturated carbocycles. The van der Waals surface area contributed by atoms with E-state index in [9.17, 15) is 9.59 Å². The van der Waals surface area contributed by atoms with Crippen LogP contribution >= 0.6 is 24.0 Å². The maximum Gasteiger partial charge on any atom is 0.270 e. The van der Waals surface area contributed by atoms with E-state index in [0.29, 0.717) is 38.7 Å². The van der Waals surface area contributed by atoms with E-state index in [1.807, 2.05) is 37.3 Å². The van der Waals surface area contributed by atoms with Gasteiger partial charge in [-0.15, -0.1) is 0 Å². The van der Waals surface area contributed by atoms with Gasteiger partial charge >= 0.3 is 0 Å². The van der Waals surface area contributed by atoms with E-state index >= 15 is 0 Å². The predicted octanol–water partition coefficient (Wildman–Crippen LogP) is 5.52. The zero-order valence-corrected chi connectivity index (χ0v) is 21.4. The zero-order chi connectivity index (χ0) is 25.5. The highest BCUT2D eigenvalue weighted by Crippen LogP contribution is 2.36.